The summed E-state index contributed by atoms with van der Waals surface area (Å²) in [6.07, 6.45) is 3.29. The van der Waals surface area contributed by atoms with E-state index in [2.05, 4.69) is 17.2 Å². The maximum atomic E-state index is 12.5. The maximum Gasteiger partial charge on any atom is 1.00 e. The van der Waals surface area contributed by atoms with Crippen molar-refractivity contribution in [3.8, 4) is 5.75 Å². The number of fused-ring (bicyclic) bond motifs is 1. The molecule has 0 unspecified atom stereocenters. The monoisotopic (exact) mass is 370 g/mol. The van der Waals surface area contributed by atoms with E-state index in [9.17, 15) is 15.0 Å². The number of aryl methyl sites for hydroxylation is 1. The first-order valence-electron chi connectivity index (χ1n) is 8.57. The number of hydrogen-bond acceptors (Lipinski definition) is 4. The van der Waals surface area contributed by atoms with Crippen molar-refractivity contribution in [2.24, 2.45) is 10.2 Å². The molecule has 0 aliphatic rings. The number of aromatic carboxylic acids is 1. The Morgan fingerprint density at radius 1 is 1.07 bits per heavy atom. The molecular formula is C21H19N2NaO3. The van der Waals surface area contributed by atoms with Gasteiger partial charge in [0, 0.05) is 5.39 Å². The van der Waals surface area contributed by atoms with E-state index in [-0.39, 0.29) is 40.8 Å². The zero-order valence-corrected chi connectivity index (χ0v) is 17.5. The van der Waals surface area contributed by atoms with E-state index in [1.165, 1.54) is 11.6 Å². The Bertz CT molecular complexity index is 969. The Labute approximate surface area is 180 Å². The molecule has 0 aromatic heterocycles. The molecule has 0 fully saturated rings. The summed E-state index contributed by atoms with van der Waals surface area (Å²) in [7, 11) is 0. The van der Waals surface area contributed by atoms with Gasteiger partial charge in [-0.2, -0.15) is 10.2 Å². The molecule has 0 atom stereocenters. The number of benzene rings is 3. The summed E-state index contributed by atoms with van der Waals surface area (Å²) in [6, 6.07) is 16.1. The maximum absolute atomic E-state index is 12.5. The van der Waals surface area contributed by atoms with Crippen LogP contribution >= 0.6 is 0 Å². The van der Waals surface area contributed by atoms with Crippen LogP contribution in [-0.2, 0) is 6.42 Å². The fourth-order valence-electron chi connectivity index (χ4n) is 2.79. The normalized spacial score (nSPS) is 10.9. The van der Waals surface area contributed by atoms with Gasteiger partial charge in [-0.3, -0.25) is 0 Å². The third-order valence-corrected chi connectivity index (χ3v) is 4.23. The fourth-order valence-corrected chi connectivity index (χ4v) is 2.79. The van der Waals surface area contributed by atoms with Crippen LogP contribution in [0.1, 0.15) is 35.7 Å². The number of carbonyl (C=O) groups is 1. The van der Waals surface area contributed by atoms with Gasteiger partial charge in [0.25, 0.3) is 0 Å². The zero-order chi connectivity index (χ0) is 18.5. The summed E-state index contributed by atoms with van der Waals surface area (Å²) >= 11 is 0. The minimum absolute atomic E-state index is 0. The number of unbranched alkanes of at least 4 members (excludes halogenated alkanes) is 1. The number of carboxylic acids is 1. The average Bonchev–Trinajstić information content (AvgIpc) is 2.66. The molecule has 132 valence electrons. The molecule has 0 spiro atoms. The molecule has 3 aromatic carbocycles. The van der Waals surface area contributed by atoms with Crippen LogP contribution in [0.2, 0.25) is 0 Å². The first-order valence-corrected chi connectivity index (χ1v) is 8.57. The molecule has 0 saturated carbocycles. The fraction of sp³-hybridized carbons (Fsp3) is 0.190. The van der Waals surface area contributed by atoms with Gasteiger partial charge >= 0.3 is 35.5 Å². The van der Waals surface area contributed by atoms with Gasteiger partial charge in [-0.15, -0.1) is 0 Å². The van der Waals surface area contributed by atoms with Crippen LogP contribution in [0.25, 0.3) is 10.8 Å². The first-order chi connectivity index (χ1) is 12.6. The molecule has 3 rings (SSSR count). The average molecular weight is 370 g/mol. The van der Waals surface area contributed by atoms with Crippen molar-refractivity contribution in [1.29, 1.82) is 0 Å². The van der Waals surface area contributed by atoms with Crippen molar-refractivity contribution in [2.75, 3.05) is 0 Å². The molecule has 3 aromatic rings. The number of azo groups is 1. The topological polar surface area (TPSA) is 85.1 Å². The predicted octanol–water partition coefficient (Wildman–Crippen LogP) is 2.37. The van der Waals surface area contributed by atoms with Crippen molar-refractivity contribution < 1.29 is 44.6 Å². The summed E-state index contributed by atoms with van der Waals surface area (Å²) < 4.78 is 0. The first kappa shape index (κ1) is 21.1. The van der Waals surface area contributed by atoms with Crippen LogP contribution in [0, 0.1) is 0 Å². The van der Waals surface area contributed by atoms with E-state index < -0.39 is 11.7 Å². The standard InChI is InChI=1S/C21H20N2O3.Na/c1-2-3-6-14-9-11-16(12-10-14)22-23-19-17-8-5-4-7-15(17)13-18(20(19)24)21(25)26;/h4-5,7-13,24H,2-3,6H2,1H3,(H,25,26);/q;+1/p-1. The summed E-state index contributed by atoms with van der Waals surface area (Å²) in [4.78, 5) is 11.3. The molecule has 0 bridgehead atoms. The molecule has 0 saturated heterocycles. The second-order valence-corrected chi connectivity index (χ2v) is 6.10. The number of rotatable bonds is 6. The van der Waals surface area contributed by atoms with Gasteiger partial charge in [-0.05, 0) is 42.0 Å². The van der Waals surface area contributed by atoms with Crippen molar-refractivity contribution in [2.45, 2.75) is 26.2 Å². The second-order valence-electron chi connectivity index (χ2n) is 6.10. The van der Waals surface area contributed by atoms with Gasteiger partial charge in [0.2, 0.25) is 0 Å². The minimum Gasteiger partial charge on any atom is -0.870 e. The SMILES string of the molecule is CCCCc1ccc(N=Nc2c([O-])c(C(=O)O)cc3ccccc23)cc1.[Na+]. The quantitative estimate of drug-likeness (QED) is 0.534. The molecule has 6 heteroatoms. The third-order valence-electron chi connectivity index (χ3n) is 4.23. The summed E-state index contributed by atoms with van der Waals surface area (Å²) in [5.41, 5.74) is 1.60. The summed E-state index contributed by atoms with van der Waals surface area (Å²) in [5, 5.41) is 31.2. The molecule has 27 heavy (non-hydrogen) atoms. The van der Waals surface area contributed by atoms with Crippen LogP contribution < -0.4 is 34.7 Å². The molecular weight excluding hydrogens is 351 g/mol. The minimum atomic E-state index is -1.27. The van der Waals surface area contributed by atoms with Crippen molar-refractivity contribution in [3.63, 3.8) is 0 Å². The Balaban J connectivity index is 0.00000261. The van der Waals surface area contributed by atoms with E-state index in [1.54, 1.807) is 24.3 Å². The van der Waals surface area contributed by atoms with E-state index in [4.69, 9.17) is 0 Å². The number of nitrogens with zero attached hydrogens (tertiary/aromatic N) is 2. The van der Waals surface area contributed by atoms with E-state index in [0.717, 1.165) is 19.3 Å². The third kappa shape index (κ3) is 4.95. The largest absolute Gasteiger partial charge is 1.00 e. The van der Waals surface area contributed by atoms with Crippen LogP contribution in [0.15, 0.2) is 64.8 Å². The molecule has 0 heterocycles. The number of carboxylic acid groups (broad SMARTS) is 1. The smallest absolute Gasteiger partial charge is 0.870 e. The van der Waals surface area contributed by atoms with Gasteiger partial charge in [0.1, 0.15) is 0 Å². The van der Waals surface area contributed by atoms with Crippen LogP contribution in [-0.4, -0.2) is 11.1 Å². The van der Waals surface area contributed by atoms with Gasteiger partial charge in [-0.1, -0.05) is 55.5 Å². The van der Waals surface area contributed by atoms with Crippen LogP contribution in [0.4, 0.5) is 11.4 Å². The molecule has 5 nitrogen and oxygen atoms in total. The van der Waals surface area contributed by atoms with E-state index >= 15 is 0 Å². The van der Waals surface area contributed by atoms with E-state index in [0.29, 0.717) is 16.5 Å². The Morgan fingerprint density at radius 3 is 2.44 bits per heavy atom. The van der Waals surface area contributed by atoms with Crippen LogP contribution in [0.5, 0.6) is 5.75 Å². The summed E-state index contributed by atoms with van der Waals surface area (Å²) in [5.74, 6) is -1.89. The number of hydrogen-bond donors (Lipinski definition) is 1. The predicted molar refractivity (Wildman–Crippen MR) is 99.6 cm³/mol. The molecule has 0 aliphatic carbocycles. The Morgan fingerprint density at radius 2 is 1.78 bits per heavy atom. The molecule has 1 N–H and O–H groups in total. The van der Waals surface area contributed by atoms with E-state index in [1.807, 2.05) is 24.3 Å². The second kappa shape index (κ2) is 9.65. The van der Waals surface area contributed by atoms with Gasteiger partial charge in [-0.25, -0.2) is 4.79 Å². The van der Waals surface area contributed by atoms with Crippen LogP contribution in [0.3, 0.4) is 0 Å². The van der Waals surface area contributed by atoms with Crippen molar-refractivity contribution in [3.05, 3.63) is 65.7 Å². The van der Waals surface area contributed by atoms with Crippen molar-refractivity contribution in [1.82, 2.24) is 0 Å². The molecule has 0 aliphatic heterocycles. The molecule has 0 radical (unpaired) electrons. The Kier molecular flexibility index (Phi) is 7.54. The molecule has 0 amide bonds. The van der Waals surface area contributed by atoms with Gasteiger partial charge in [0.15, 0.2) is 0 Å². The van der Waals surface area contributed by atoms with Gasteiger partial charge < -0.3 is 10.2 Å². The van der Waals surface area contributed by atoms with Crippen molar-refractivity contribution >= 4 is 28.1 Å². The Hall–Kier alpha value is -2.21. The van der Waals surface area contributed by atoms with Gasteiger partial charge in [0.05, 0.1) is 16.9 Å². The zero-order valence-electron chi connectivity index (χ0n) is 15.5. The summed E-state index contributed by atoms with van der Waals surface area (Å²) in [6.45, 7) is 2.15.